The van der Waals surface area contributed by atoms with Gasteiger partial charge in [0.1, 0.15) is 0 Å². The maximum Gasteiger partial charge on any atom is 0.293 e. The number of aryl methyl sites for hydroxylation is 3. The van der Waals surface area contributed by atoms with Gasteiger partial charge in [0.05, 0.1) is 12.2 Å². The summed E-state index contributed by atoms with van der Waals surface area (Å²) in [5.41, 5.74) is 2.17. The molecular weight excluding hydrogens is 344 g/mol. The number of piperazine rings is 1. The van der Waals surface area contributed by atoms with Crippen LogP contribution in [0.3, 0.4) is 0 Å². The van der Waals surface area contributed by atoms with E-state index in [9.17, 15) is 9.59 Å². The molecular formula is C19H26N6O2. The Kier molecular flexibility index (Phi) is 5.07. The number of rotatable bonds is 4. The maximum atomic E-state index is 12.3. The van der Waals surface area contributed by atoms with Crippen molar-refractivity contribution in [1.29, 1.82) is 0 Å². The Hall–Kier alpha value is -2.48. The fraction of sp³-hybridized carbons (Fsp3) is 0.579. The molecule has 4 rings (SSSR count). The number of nitrogens with zero attached hydrogens (tertiary/aromatic N) is 6. The van der Waals surface area contributed by atoms with E-state index in [0.717, 1.165) is 69.7 Å². The lowest BCUT2D eigenvalue weighted by Crippen LogP contribution is -2.49. The topological polar surface area (TPSA) is 76.3 Å². The summed E-state index contributed by atoms with van der Waals surface area (Å²) in [6, 6.07) is 1.77. The molecule has 1 fully saturated rings. The maximum absolute atomic E-state index is 12.3. The standard InChI is InChI=1S/C19H26N6O2/c1-22-7-6-20-18(19(22)27)24-11-8-23(9-12-24)10-13-25-17(26)14-15-4-2-3-5-16(15)21-25/h6-7,14H,2-5,8-13H2,1H3. The first-order chi connectivity index (χ1) is 13.1. The molecule has 3 heterocycles. The van der Waals surface area contributed by atoms with Crippen molar-refractivity contribution in [2.24, 2.45) is 7.05 Å². The first-order valence-corrected chi connectivity index (χ1v) is 9.71. The molecule has 27 heavy (non-hydrogen) atoms. The van der Waals surface area contributed by atoms with Gasteiger partial charge >= 0.3 is 0 Å². The van der Waals surface area contributed by atoms with Gasteiger partial charge in [-0.15, -0.1) is 0 Å². The highest BCUT2D eigenvalue weighted by atomic mass is 16.1. The van der Waals surface area contributed by atoms with Crippen LogP contribution in [0.25, 0.3) is 0 Å². The van der Waals surface area contributed by atoms with Gasteiger partial charge in [0.25, 0.3) is 11.1 Å². The molecule has 144 valence electrons. The third-order valence-corrected chi connectivity index (χ3v) is 5.57. The van der Waals surface area contributed by atoms with Crippen molar-refractivity contribution in [3.63, 3.8) is 0 Å². The van der Waals surface area contributed by atoms with E-state index in [2.05, 4.69) is 15.0 Å². The number of fused-ring (bicyclic) bond motifs is 1. The Morgan fingerprint density at radius 2 is 1.81 bits per heavy atom. The van der Waals surface area contributed by atoms with Crippen LogP contribution in [0.2, 0.25) is 0 Å². The van der Waals surface area contributed by atoms with E-state index in [1.165, 1.54) is 0 Å². The lowest BCUT2D eigenvalue weighted by atomic mass is 9.97. The summed E-state index contributed by atoms with van der Waals surface area (Å²) in [5, 5.41) is 4.59. The lowest BCUT2D eigenvalue weighted by Gasteiger charge is -2.35. The Morgan fingerprint density at radius 3 is 2.63 bits per heavy atom. The van der Waals surface area contributed by atoms with Crippen molar-refractivity contribution in [1.82, 2.24) is 24.2 Å². The fourth-order valence-electron chi connectivity index (χ4n) is 3.88. The zero-order valence-electron chi connectivity index (χ0n) is 15.8. The molecule has 1 aliphatic heterocycles. The Morgan fingerprint density at radius 1 is 1.04 bits per heavy atom. The molecule has 2 aromatic heterocycles. The van der Waals surface area contributed by atoms with Crippen molar-refractivity contribution in [3.05, 3.63) is 50.4 Å². The number of hydrogen-bond donors (Lipinski definition) is 0. The van der Waals surface area contributed by atoms with Crippen molar-refractivity contribution < 1.29 is 0 Å². The van der Waals surface area contributed by atoms with Gasteiger partial charge in [-0.05, 0) is 31.2 Å². The molecule has 1 saturated heterocycles. The zero-order chi connectivity index (χ0) is 18.8. The average molecular weight is 370 g/mol. The normalized spacial score (nSPS) is 17.7. The smallest absolute Gasteiger partial charge is 0.293 e. The summed E-state index contributed by atoms with van der Waals surface area (Å²) >= 11 is 0. The van der Waals surface area contributed by atoms with Crippen molar-refractivity contribution in [3.8, 4) is 0 Å². The molecule has 8 heteroatoms. The second-order valence-electron chi connectivity index (χ2n) is 7.38. The van der Waals surface area contributed by atoms with E-state index in [1.807, 2.05) is 4.90 Å². The minimum absolute atomic E-state index is 0.00580. The summed E-state index contributed by atoms with van der Waals surface area (Å²) in [6.07, 6.45) is 7.61. The molecule has 2 aromatic rings. The molecule has 0 radical (unpaired) electrons. The van der Waals surface area contributed by atoms with Crippen molar-refractivity contribution >= 4 is 5.82 Å². The number of hydrogen-bond acceptors (Lipinski definition) is 6. The van der Waals surface area contributed by atoms with E-state index in [1.54, 1.807) is 34.8 Å². The predicted octanol–water partition coefficient (Wildman–Crippen LogP) is 0.0380. The van der Waals surface area contributed by atoms with Crippen LogP contribution in [0.5, 0.6) is 0 Å². The quantitative estimate of drug-likeness (QED) is 0.756. The Bertz CT molecular complexity index is 927. The highest BCUT2D eigenvalue weighted by Gasteiger charge is 2.21. The van der Waals surface area contributed by atoms with Crippen LogP contribution in [0.1, 0.15) is 24.1 Å². The molecule has 0 aromatic carbocycles. The largest absolute Gasteiger partial charge is 0.349 e. The highest BCUT2D eigenvalue weighted by Crippen LogP contribution is 2.17. The summed E-state index contributed by atoms with van der Waals surface area (Å²) < 4.78 is 3.17. The molecule has 8 nitrogen and oxygen atoms in total. The van der Waals surface area contributed by atoms with Gasteiger partial charge in [-0.25, -0.2) is 9.67 Å². The highest BCUT2D eigenvalue weighted by molar-refractivity contribution is 5.36. The van der Waals surface area contributed by atoms with E-state index >= 15 is 0 Å². The van der Waals surface area contributed by atoms with Crippen LogP contribution in [-0.4, -0.2) is 57.0 Å². The van der Waals surface area contributed by atoms with Crippen molar-refractivity contribution in [2.75, 3.05) is 37.6 Å². The minimum atomic E-state index is -0.0595. The molecule has 0 saturated carbocycles. The molecule has 2 aliphatic rings. The van der Waals surface area contributed by atoms with Gasteiger partial charge in [0, 0.05) is 58.2 Å². The van der Waals surface area contributed by atoms with E-state index in [4.69, 9.17) is 0 Å². The Labute approximate surface area is 158 Å². The number of anilines is 1. The van der Waals surface area contributed by atoms with E-state index in [0.29, 0.717) is 12.4 Å². The third-order valence-electron chi connectivity index (χ3n) is 5.57. The third kappa shape index (κ3) is 3.80. The zero-order valence-corrected chi connectivity index (χ0v) is 15.8. The molecule has 1 aliphatic carbocycles. The summed E-state index contributed by atoms with van der Waals surface area (Å²) in [5.74, 6) is 0.521. The summed E-state index contributed by atoms with van der Waals surface area (Å²) in [6.45, 7) is 4.62. The van der Waals surface area contributed by atoms with Crippen LogP contribution < -0.4 is 16.0 Å². The van der Waals surface area contributed by atoms with Gasteiger partial charge in [0.2, 0.25) is 0 Å². The van der Waals surface area contributed by atoms with Crippen LogP contribution >= 0.6 is 0 Å². The second kappa shape index (κ2) is 7.64. The molecule has 0 N–H and O–H groups in total. The van der Waals surface area contributed by atoms with Gasteiger partial charge in [0.15, 0.2) is 5.82 Å². The molecule has 0 bridgehead atoms. The summed E-state index contributed by atoms with van der Waals surface area (Å²) in [7, 11) is 1.74. The Balaban J connectivity index is 1.35. The van der Waals surface area contributed by atoms with Crippen LogP contribution in [0.15, 0.2) is 28.0 Å². The van der Waals surface area contributed by atoms with Gasteiger partial charge in [-0.2, -0.15) is 5.10 Å². The second-order valence-corrected chi connectivity index (χ2v) is 7.38. The monoisotopic (exact) mass is 370 g/mol. The SMILES string of the molecule is Cn1ccnc(N2CCN(CCn3nc4c(cc3=O)CCCC4)CC2)c1=O. The summed E-state index contributed by atoms with van der Waals surface area (Å²) in [4.78, 5) is 33.1. The fourth-order valence-corrected chi connectivity index (χ4v) is 3.88. The van der Waals surface area contributed by atoms with Crippen LogP contribution in [0, 0.1) is 0 Å². The average Bonchev–Trinajstić information content (AvgIpc) is 2.69. The molecule has 0 atom stereocenters. The van der Waals surface area contributed by atoms with Crippen LogP contribution in [-0.2, 0) is 26.4 Å². The van der Waals surface area contributed by atoms with Crippen molar-refractivity contribution in [2.45, 2.75) is 32.2 Å². The first kappa shape index (κ1) is 17.9. The van der Waals surface area contributed by atoms with Gasteiger partial charge in [-0.1, -0.05) is 0 Å². The van der Waals surface area contributed by atoms with E-state index in [-0.39, 0.29) is 11.1 Å². The molecule has 0 spiro atoms. The van der Waals surface area contributed by atoms with E-state index < -0.39 is 0 Å². The minimum Gasteiger partial charge on any atom is -0.349 e. The predicted molar refractivity (Wildman–Crippen MR) is 103 cm³/mol. The lowest BCUT2D eigenvalue weighted by molar-refractivity contribution is 0.241. The first-order valence-electron chi connectivity index (χ1n) is 9.71. The molecule has 0 unspecified atom stereocenters. The number of aromatic nitrogens is 4. The van der Waals surface area contributed by atoms with Crippen LogP contribution in [0.4, 0.5) is 5.82 Å². The van der Waals surface area contributed by atoms with Gasteiger partial charge < -0.3 is 9.47 Å². The molecule has 0 amide bonds. The van der Waals surface area contributed by atoms with Gasteiger partial charge in [-0.3, -0.25) is 14.5 Å².